The van der Waals surface area contributed by atoms with Crippen molar-refractivity contribution < 1.29 is 0 Å². The van der Waals surface area contributed by atoms with Gasteiger partial charge in [0.05, 0.1) is 0 Å². The van der Waals surface area contributed by atoms with Crippen LogP contribution in [0.2, 0.25) is 0 Å². The van der Waals surface area contributed by atoms with E-state index in [1.165, 1.54) is 22.3 Å². The molecule has 0 bridgehead atoms. The molecule has 0 radical (unpaired) electrons. The van der Waals surface area contributed by atoms with Gasteiger partial charge in [-0.3, -0.25) is 0 Å². The monoisotopic (exact) mass is 546 g/mol. The van der Waals surface area contributed by atoms with Crippen molar-refractivity contribution in [2.24, 2.45) is 0 Å². The van der Waals surface area contributed by atoms with Crippen molar-refractivity contribution in [1.29, 1.82) is 0 Å². The predicted molar refractivity (Wildman–Crippen MR) is 149 cm³/mol. The van der Waals surface area contributed by atoms with E-state index in [4.69, 9.17) is 44.3 Å². The number of benzene rings is 2. The Morgan fingerprint density at radius 1 is 0.500 bits per heavy atom. The van der Waals surface area contributed by atoms with Crippen LogP contribution in [0.1, 0.15) is 101 Å². The first-order valence-electron chi connectivity index (χ1n) is 11.4. The van der Waals surface area contributed by atoms with Crippen LogP contribution in [-0.4, -0.2) is 14.0 Å². The zero-order valence-corrected chi connectivity index (χ0v) is 25.2. The number of hydrogen-bond acceptors (Lipinski definition) is 2. The first kappa shape index (κ1) is 26.2. The molecule has 0 spiro atoms. The van der Waals surface area contributed by atoms with Gasteiger partial charge in [0, 0.05) is 11.4 Å². The first-order chi connectivity index (χ1) is 14.7. The molecule has 1 aliphatic rings. The Hall–Kier alpha value is -0.366. The largest absolute Gasteiger partial charge is 0.459 e. The molecule has 2 aromatic carbocycles. The molecule has 0 N–H and O–H groups in total. The summed E-state index contributed by atoms with van der Waals surface area (Å²) in [4.78, 5) is 0. The Morgan fingerprint density at radius 3 is 0.906 bits per heavy atom. The summed E-state index contributed by atoms with van der Waals surface area (Å²) in [6, 6.07) is 12.8. The molecule has 0 amide bonds. The number of hydrogen-bond donors (Lipinski definition) is 0. The molecule has 176 valence electrons. The van der Waals surface area contributed by atoms with Crippen LogP contribution in [0.3, 0.4) is 0 Å². The molecular weight excluding hydrogens is 514 g/mol. The van der Waals surface area contributed by atoms with Crippen molar-refractivity contribution in [3.8, 4) is 0 Å². The lowest BCUT2D eigenvalue weighted by atomic mass is 9.93. The van der Waals surface area contributed by atoms with Gasteiger partial charge in [-0.1, -0.05) is 136 Å². The van der Waals surface area contributed by atoms with Crippen LogP contribution >= 0.6 is 44.3 Å². The number of anilines is 2. The highest BCUT2D eigenvalue weighted by Crippen LogP contribution is 2.57. The SMILES string of the molecule is CC(C)c1cccc(C(C)C)c1N1[Si](Cl)(Cl)N(c2c(C(C)C)cccc2C(C)C)[Si]1(Cl)Cl. The second kappa shape index (κ2) is 9.35. The maximum Gasteiger partial charge on any atom is 0.459 e. The highest BCUT2D eigenvalue weighted by Gasteiger charge is 2.73. The third-order valence-electron chi connectivity index (χ3n) is 6.21. The van der Waals surface area contributed by atoms with Crippen LogP contribution < -0.4 is 8.46 Å². The lowest BCUT2D eigenvalue weighted by Crippen LogP contribution is -2.87. The van der Waals surface area contributed by atoms with Crippen molar-refractivity contribution in [2.45, 2.75) is 79.1 Å². The lowest BCUT2D eigenvalue weighted by molar-refractivity contribution is 0.828. The van der Waals surface area contributed by atoms with E-state index in [9.17, 15) is 0 Å². The van der Waals surface area contributed by atoms with Crippen molar-refractivity contribution in [3.05, 3.63) is 58.7 Å². The second-order valence-electron chi connectivity index (χ2n) is 9.88. The van der Waals surface area contributed by atoms with Crippen LogP contribution in [0.25, 0.3) is 0 Å². The summed E-state index contributed by atoms with van der Waals surface area (Å²) >= 11 is 29.3. The van der Waals surface area contributed by atoms with Gasteiger partial charge < -0.3 is 8.46 Å². The molecular formula is C24H34Cl4N2Si2. The Balaban J connectivity index is 2.27. The van der Waals surface area contributed by atoms with Gasteiger partial charge in [-0.2, -0.15) is 0 Å². The first-order valence-corrected chi connectivity index (χ1v) is 19.2. The Bertz CT molecular complexity index is 846. The third kappa shape index (κ3) is 4.25. The van der Waals surface area contributed by atoms with Crippen LogP contribution in [0, 0.1) is 0 Å². The molecule has 0 aromatic heterocycles. The highest BCUT2D eigenvalue weighted by atomic mass is 35.7. The van der Waals surface area contributed by atoms with Crippen molar-refractivity contribution in [2.75, 3.05) is 8.46 Å². The average Bonchev–Trinajstić information content (AvgIpc) is 2.66. The molecule has 3 rings (SSSR count). The number of rotatable bonds is 6. The van der Waals surface area contributed by atoms with Gasteiger partial charge in [-0.05, 0) is 45.9 Å². The van der Waals surface area contributed by atoms with Gasteiger partial charge in [0.1, 0.15) is 0 Å². The quantitative estimate of drug-likeness (QED) is 0.262. The van der Waals surface area contributed by atoms with E-state index >= 15 is 0 Å². The lowest BCUT2D eigenvalue weighted by Gasteiger charge is -2.62. The molecule has 2 aromatic rings. The van der Waals surface area contributed by atoms with Gasteiger partial charge in [-0.25, -0.2) is 0 Å². The molecule has 0 unspecified atom stereocenters. The minimum atomic E-state index is -3.23. The zero-order valence-electron chi connectivity index (χ0n) is 20.2. The molecule has 2 nitrogen and oxygen atoms in total. The molecule has 1 fully saturated rings. The Morgan fingerprint density at radius 2 is 0.719 bits per heavy atom. The Kier molecular flexibility index (Phi) is 7.67. The molecule has 0 aliphatic carbocycles. The van der Waals surface area contributed by atoms with Crippen molar-refractivity contribution in [3.63, 3.8) is 0 Å². The summed E-state index contributed by atoms with van der Waals surface area (Å²) in [5.41, 5.74) is 6.83. The van der Waals surface area contributed by atoms with Crippen LogP contribution in [0.15, 0.2) is 36.4 Å². The standard InChI is InChI=1S/C24H34Cl4N2Si2/c1-15(2)19-11-9-12-20(16(3)4)23(19)29-31(25,26)30(32(29,27)28)24-21(17(5)6)13-10-14-22(24)18(7)8/h9-18H,1-8H3. The molecule has 1 aliphatic heterocycles. The maximum atomic E-state index is 7.32. The molecule has 1 heterocycles. The minimum Gasteiger partial charge on any atom is -0.343 e. The Labute approximate surface area is 214 Å². The summed E-state index contributed by atoms with van der Waals surface area (Å²) in [5, 5.41) is 0. The topological polar surface area (TPSA) is 6.48 Å². The number of nitrogens with zero attached hydrogens (tertiary/aromatic N) is 2. The summed E-state index contributed by atoms with van der Waals surface area (Å²) in [5.74, 6) is 1.18. The van der Waals surface area contributed by atoms with E-state index in [-0.39, 0.29) is 0 Å². The average molecular weight is 549 g/mol. The van der Waals surface area contributed by atoms with Crippen molar-refractivity contribution in [1.82, 2.24) is 0 Å². The summed E-state index contributed by atoms with van der Waals surface area (Å²) in [7, 11) is -6.45. The van der Waals surface area contributed by atoms with Gasteiger partial charge in [0.25, 0.3) is 0 Å². The van der Waals surface area contributed by atoms with Crippen LogP contribution in [0.4, 0.5) is 11.4 Å². The molecule has 0 saturated carbocycles. The van der Waals surface area contributed by atoms with E-state index in [1.54, 1.807) is 0 Å². The smallest absolute Gasteiger partial charge is 0.343 e. The fourth-order valence-corrected chi connectivity index (χ4v) is 24.1. The number of para-hydroxylation sites is 2. The van der Waals surface area contributed by atoms with E-state index < -0.39 is 14.0 Å². The maximum absolute atomic E-state index is 7.32. The number of halogens is 4. The van der Waals surface area contributed by atoms with E-state index in [0.29, 0.717) is 23.7 Å². The van der Waals surface area contributed by atoms with Crippen molar-refractivity contribution >= 4 is 69.7 Å². The molecule has 1 saturated heterocycles. The third-order valence-corrected chi connectivity index (χ3v) is 20.6. The fraction of sp³-hybridized carbons (Fsp3) is 0.500. The van der Waals surface area contributed by atoms with Crippen LogP contribution in [0.5, 0.6) is 0 Å². The van der Waals surface area contributed by atoms with E-state index in [2.05, 4.69) is 91.8 Å². The summed E-state index contributed by atoms with van der Waals surface area (Å²) < 4.78 is 4.08. The predicted octanol–water partition coefficient (Wildman–Crippen LogP) is 9.33. The van der Waals surface area contributed by atoms with E-state index in [0.717, 1.165) is 11.4 Å². The van der Waals surface area contributed by atoms with E-state index in [1.807, 2.05) is 8.46 Å². The zero-order chi connectivity index (χ0) is 24.2. The molecule has 0 atom stereocenters. The summed E-state index contributed by atoms with van der Waals surface area (Å²) in [6.07, 6.45) is 0. The van der Waals surface area contributed by atoms with Gasteiger partial charge >= 0.3 is 14.0 Å². The normalized spacial score (nSPS) is 17.6. The molecule has 32 heavy (non-hydrogen) atoms. The summed E-state index contributed by atoms with van der Waals surface area (Å²) in [6.45, 7) is 17.5. The van der Waals surface area contributed by atoms with Gasteiger partial charge in [0.2, 0.25) is 0 Å². The minimum absolute atomic E-state index is 0.295. The highest BCUT2D eigenvalue weighted by molar-refractivity contribution is 7.71. The molecule has 8 heteroatoms. The second-order valence-corrected chi connectivity index (χ2v) is 22.1. The van der Waals surface area contributed by atoms with Gasteiger partial charge in [-0.15, -0.1) is 0 Å². The van der Waals surface area contributed by atoms with Gasteiger partial charge in [0.15, 0.2) is 0 Å². The fourth-order valence-electron chi connectivity index (χ4n) is 4.56. The van der Waals surface area contributed by atoms with Crippen LogP contribution in [-0.2, 0) is 0 Å².